The van der Waals surface area contributed by atoms with E-state index in [2.05, 4.69) is 26.0 Å². The van der Waals surface area contributed by atoms with Crippen molar-refractivity contribution in [2.75, 3.05) is 18.8 Å². The molecule has 0 radical (unpaired) electrons. The number of aryl methyl sites for hydroxylation is 1. The molecule has 0 spiro atoms. The van der Waals surface area contributed by atoms with Gasteiger partial charge in [-0.1, -0.05) is 12.1 Å². The normalized spacial score (nSPS) is 13.9. The van der Waals surface area contributed by atoms with Gasteiger partial charge in [0, 0.05) is 36.6 Å². The summed E-state index contributed by atoms with van der Waals surface area (Å²) < 4.78 is 34.8. The maximum atomic E-state index is 14.0. The lowest BCUT2D eigenvalue weighted by molar-refractivity contribution is 0.0319. The Morgan fingerprint density at radius 3 is 2.64 bits per heavy atom. The number of nitrogen functional groups attached to an aromatic ring is 1. The number of ketones is 1. The van der Waals surface area contributed by atoms with Gasteiger partial charge in [-0.15, -0.1) is 0 Å². The van der Waals surface area contributed by atoms with E-state index in [1.165, 1.54) is 34.8 Å². The Bertz CT molecular complexity index is 1820. The van der Waals surface area contributed by atoms with E-state index in [4.69, 9.17) is 10.5 Å². The minimum Gasteiger partial charge on any atom is -0.433 e. The number of hydrogen-bond acceptors (Lipinski definition) is 7. The summed E-state index contributed by atoms with van der Waals surface area (Å²) in [4.78, 5) is 23.2. The number of nitrogens with one attached hydrogen (secondary N) is 1. The molecular weight excluding hydrogens is 542 g/mol. The Hall–Kier alpha value is -4.61. The number of nitrogens with two attached hydrogens (primary N) is 1. The summed E-state index contributed by atoms with van der Waals surface area (Å²) in [6, 6.07) is 10.9. The van der Waals surface area contributed by atoms with Crippen LogP contribution in [0.4, 0.5) is 14.6 Å². The summed E-state index contributed by atoms with van der Waals surface area (Å²) in [5.74, 6) is -2.44. The van der Waals surface area contributed by atoms with E-state index in [1.54, 1.807) is 20.8 Å². The second-order valence-corrected chi connectivity index (χ2v) is 11.3. The fourth-order valence-corrected chi connectivity index (χ4v) is 5.47. The van der Waals surface area contributed by atoms with E-state index >= 15 is 0 Å². The van der Waals surface area contributed by atoms with Crippen LogP contribution in [0.2, 0.25) is 0 Å². The number of anilines is 1. The summed E-state index contributed by atoms with van der Waals surface area (Å²) in [5.41, 5.74) is 10.5. The SMILES string of the molecule is Cc1cc(Oc2c(F)cccc2F)ncc1-n1ncc(C(=O)c2cc3c4c(ccc3[nH]2)CCN(CC(C)(C)O)C4)c1N. The van der Waals surface area contributed by atoms with Crippen LogP contribution in [0.5, 0.6) is 11.6 Å². The Labute approximate surface area is 240 Å². The molecule has 0 unspecified atom stereocenters. The van der Waals surface area contributed by atoms with Crippen LogP contribution in [0.25, 0.3) is 16.6 Å². The van der Waals surface area contributed by atoms with Crippen LogP contribution < -0.4 is 10.5 Å². The second-order valence-electron chi connectivity index (χ2n) is 11.3. The highest BCUT2D eigenvalue weighted by molar-refractivity contribution is 6.12. The van der Waals surface area contributed by atoms with Gasteiger partial charge in [0.2, 0.25) is 17.4 Å². The summed E-state index contributed by atoms with van der Waals surface area (Å²) >= 11 is 0. The molecule has 42 heavy (non-hydrogen) atoms. The van der Waals surface area contributed by atoms with Crippen molar-refractivity contribution in [3.8, 4) is 17.3 Å². The minimum atomic E-state index is -0.845. The first-order valence-electron chi connectivity index (χ1n) is 13.5. The van der Waals surface area contributed by atoms with Crippen LogP contribution in [0.3, 0.4) is 0 Å². The second kappa shape index (κ2) is 10.3. The number of carbonyl (C=O) groups excluding carboxylic acids is 1. The zero-order valence-corrected chi connectivity index (χ0v) is 23.4. The monoisotopic (exact) mass is 572 g/mol. The number of aromatic nitrogens is 4. The summed E-state index contributed by atoms with van der Waals surface area (Å²) in [6.45, 7) is 7.43. The number of para-hydroxylation sites is 1. The van der Waals surface area contributed by atoms with E-state index in [0.717, 1.165) is 41.6 Å². The van der Waals surface area contributed by atoms with Gasteiger partial charge in [0.05, 0.1) is 34.9 Å². The Morgan fingerprint density at radius 2 is 1.93 bits per heavy atom. The number of carbonyl (C=O) groups is 1. The lowest BCUT2D eigenvalue weighted by Crippen LogP contribution is -2.41. The van der Waals surface area contributed by atoms with Crippen LogP contribution in [0, 0.1) is 18.6 Å². The summed E-state index contributed by atoms with van der Waals surface area (Å²) in [7, 11) is 0. The van der Waals surface area contributed by atoms with Crippen LogP contribution >= 0.6 is 0 Å². The van der Waals surface area contributed by atoms with Crippen LogP contribution in [0.1, 0.15) is 46.6 Å². The predicted molar refractivity (Wildman–Crippen MR) is 154 cm³/mol. The smallest absolute Gasteiger partial charge is 0.219 e. The van der Waals surface area contributed by atoms with E-state index in [1.807, 2.05) is 12.1 Å². The number of ether oxygens (including phenoxy) is 1. The van der Waals surface area contributed by atoms with Gasteiger partial charge in [-0.25, -0.2) is 18.4 Å². The van der Waals surface area contributed by atoms with Gasteiger partial charge in [0.25, 0.3) is 0 Å². The lowest BCUT2D eigenvalue weighted by atomic mass is 9.95. The number of rotatable bonds is 7. The molecule has 216 valence electrons. The first kappa shape index (κ1) is 27.6. The van der Waals surface area contributed by atoms with E-state index in [0.29, 0.717) is 30.0 Å². The molecule has 5 aromatic rings. The fourth-order valence-electron chi connectivity index (χ4n) is 5.47. The topological polar surface area (TPSA) is 122 Å². The number of aromatic amines is 1. The number of aliphatic hydroxyl groups is 1. The van der Waals surface area contributed by atoms with Gasteiger partial charge in [-0.3, -0.25) is 9.69 Å². The van der Waals surface area contributed by atoms with Gasteiger partial charge < -0.3 is 20.6 Å². The van der Waals surface area contributed by atoms with Crippen molar-refractivity contribution in [1.82, 2.24) is 24.6 Å². The van der Waals surface area contributed by atoms with Gasteiger partial charge in [-0.05, 0) is 68.1 Å². The van der Waals surface area contributed by atoms with Gasteiger partial charge in [-0.2, -0.15) is 5.10 Å². The van der Waals surface area contributed by atoms with E-state index in [-0.39, 0.29) is 23.0 Å². The fraction of sp³-hybridized carbons (Fsp3) is 0.258. The van der Waals surface area contributed by atoms with Crippen molar-refractivity contribution in [1.29, 1.82) is 0 Å². The molecule has 4 N–H and O–H groups in total. The highest BCUT2D eigenvalue weighted by Gasteiger charge is 2.26. The van der Waals surface area contributed by atoms with Gasteiger partial charge >= 0.3 is 0 Å². The molecule has 0 atom stereocenters. The van der Waals surface area contributed by atoms with Gasteiger partial charge in [0.15, 0.2) is 11.6 Å². The zero-order valence-electron chi connectivity index (χ0n) is 23.4. The molecule has 0 amide bonds. The van der Waals surface area contributed by atoms with Crippen molar-refractivity contribution in [2.24, 2.45) is 0 Å². The molecule has 0 saturated carbocycles. The number of β-amino-alcohol motifs (C(OH)–C–C–N with tert-alkyl or cyclic N) is 1. The minimum absolute atomic E-state index is 0.00944. The maximum absolute atomic E-state index is 14.0. The molecule has 0 fully saturated rings. The number of H-pyrrole nitrogens is 1. The zero-order chi connectivity index (χ0) is 29.8. The largest absolute Gasteiger partial charge is 0.433 e. The van der Waals surface area contributed by atoms with Crippen molar-refractivity contribution in [3.05, 3.63) is 94.4 Å². The molecule has 4 heterocycles. The molecule has 2 aromatic carbocycles. The third kappa shape index (κ3) is 5.12. The molecule has 0 bridgehead atoms. The first-order valence-corrected chi connectivity index (χ1v) is 13.5. The van der Waals surface area contributed by atoms with Crippen molar-refractivity contribution >= 4 is 22.5 Å². The predicted octanol–water partition coefficient (Wildman–Crippen LogP) is 5.07. The molecule has 3 aromatic heterocycles. The Kier molecular flexibility index (Phi) is 6.78. The third-order valence-corrected chi connectivity index (χ3v) is 7.41. The van der Waals surface area contributed by atoms with Crippen molar-refractivity contribution in [3.63, 3.8) is 0 Å². The molecule has 1 aliphatic rings. The lowest BCUT2D eigenvalue weighted by Gasteiger charge is -2.33. The van der Waals surface area contributed by atoms with Crippen LogP contribution in [-0.2, 0) is 13.0 Å². The average molecular weight is 573 g/mol. The maximum Gasteiger partial charge on any atom is 0.219 e. The molecule has 1 aliphatic heterocycles. The molecule has 0 aliphatic carbocycles. The molecule has 0 saturated heterocycles. The van der Waals surface area contributed by atoms with Crippen molar-refractivity contribution < 1.29 is 23.4 Å². The van der Waals surface area contributed by atoms with Crippen LogP contribution in [-0.4, -0.2) is 54.2 Å². The Balaban J connectivity index is 1.27. The average Bonchev–Trinajstić information content (AvgIpc) is 3.54. The molecule has 9 nitrogen and oxygen atoms in total. The number of hydrogen-bond donors (Lipinski definition) is 3. The van der Waals surface area contributed by atoms with Crippen LogP contribution in [0.15, 0.2) is 54.9 Å². The number of halogens is 2. The molecular formula is C31H30F2N6O3. The molecule has 6 rings (SSSR count). The third-order valence-electron chi connectivity index (χ3n) is 7.41. The van der Waals surface area contributed by atoms with Crippen molar-refractivity contribution in [2.45, 2.75) is 39.3 Å². The van der Waals surface area contributed by atoms with E-state index < -0.39 is 23.0 Å². The summed E-state index contributed by atoms with van der Waals surface area (Å²) in [6.07, 6.45) is 3.68. The van der Waals surface area contributed by atoms with E-state index in [9.17, 15) is 18.7 Å². The number of benzene rings is 2. The molecule has 11 heteroatoms. The number of nitrogens with zero attached hydrogens (tertiary/aromatic N) is 4. The quantitative estimate of drug-likeness (QED) is 0.233. The Morgan fingerprint density at radius 1 is 1.17 bits per heavy atom. The standard InChI is InChI=1S/C31H30F2N6O3/c1-17-11-27(42-29-22(32)5-4-6-23(29)33)35-14-26(17)39-30(34)20(13-36-39)28(40)25-12-19-21-15-38(16-31(2,3)41)10-9-18(21)7-8-24(19)37-25/h4-8,11-14,37,41H,9-10,15-16,34H2,1-3H3. The van der Waals surface area contributed by atoms with Gasteiger partial charge in [0.1, 0.15) is 5.82 Å². The highest BCUT2D eigenvalue weighted by atomic mass is 19.1. The number of fused-ring (bicyclic) bond motifs is 3. The summed E-state index contributed by atoms with van der Waals surface area (Å²) in [5, 5.41) is 15.6. The highest BCUT2D eigenvalue weighted by Crippen LogP contribution is 2.32. The first-order chi connectivity index (χ1) is 20.0. The number of pyridine rings is 1.